The molecule has 1 aromatic carbocycles. The van der Waals surface area contributed by atoms with Crippen LogP contribution < -0.4 is 15.0 Å². The quantitative estimate of drug-likeness (QED) is 0.817. The first kappa shape index (κ1) is 16.3. The average molecular weight is 326 g/mol. The molecule has 0 saturated heterocycles. The van der Waals surface area contributed by atoms with E-state index in [0.29, 0.717) is 34.8 Å². The smallest absolute Gasteiger partial charge is 0.279 e. The minimum absolute atomic E-state index is 0.158. The Balaban J connectivity index is 1.93. The number of anilines is 1. The number of ether oxygens (including phenoxy) is 1. The first-order chi connectivity index (χ1) is 10.5. The predicted octanol–water partition coefficient (Wildman–Crippen LogP) is 0.693. The Morgan fingerprint density at radius 3 is 2.86 bits per heavy atom. The fourth-order valence-electron chi connectivity index (χ4n) is 1.98. The summed E-state index contributed by atoms with van der Waals surface area (Å²) in [6.45, 7) is 2.45. The molecule has 2 aromatic rings. The largest absolute Gasteiger partial charge is 0.495 e. The highest BCUT2D eigenvalue weighted by Gasteiger charge is 2.15. The highest BCUT2D eigenvalue weighted by molar-refractivity contribution is 6.31. The van der Waals surface area contributed by atoms with E-state index in [2.05, 4.69) is 15.5 Å². The fourth-order valence-corrected chi connectivity index (χ4v) is 2.15. The number of methoxy groups -OCH3 is 1. The van der Waals surface area contributed by atoms with Gasteiger partial charge in [-0.25, -0.2) is 0 Å². The van der Waals surface area contributed by atoms with E-state index < -0.39 is 0 Å². The molecule has 0 radical (unpaired) electrons. The van der Waals surface area contributed by atoms with Gasteiger partial charge in [-0.1, -0.05) is 11.6 Å². The van der Waals surface area contributed by atoms with Crippen molar-refractivity contribution in [3.8, 4) is 5.75 Å². The van der Waals surface area contributed by atoms with Gasteiger partial charge in [0.2, 0.25) is 5.89 Å². The van der Waals surface area contributed by atoms with Crippen molar-refractivity contribution in [3.05, 3.63) is 35.0 Å². The van der Waals surface area contributed by atoms with Gasteiger partial charge in [-0.2, -0.15) is 0 Å². The van der Waals surface area contributed by atoms with E-state index in [0.717, 1.165) is 4.90 Å². The van der Waals surface area contributed by atoms with E-state index in [-0.39, 0.29) is 12.5 Å². The average Bonchev–Trinajstić information content (AvgIpc) is 2.83. The van der Waals surface area contributed by atoms with E-state index >= 15 is 0 Å². The minimum atomic E-state index is -0.158. The number of carbonyl (C=O) groups excluding carboxylic acids is 1. The van der Waals surface area contributed by atoms with Crippen molar-refractivity contribution >= 4 is 23.2 Å². The third kappa shape index (κ3) is 4.44. The second kappa shape index (κ2) is 7.24. The third-order valence-electron chi connectivity index (χ3n) is 2.92. The maximum Gasteiger partial charge on any atom is 0.279 e. The SMILES string of the molecule is COc1ccc(Cl)cc1NC(=O)C[NH+](C)Cc1nnc(C)o1. The van der Waals surface area contributed by atoms with Crippen molar-refractivity contribution in [2.24, 2.45) is 0 Å². The normalized spacial score (nSPS) is 12.0. The van der Waals surface area contributed by atoms with Crippen LogP contribution in [-0.2, 0) is 11.3 Å². The number of nitrogens with one attached hydrogen (secondary N) is 2. The maximum atomic E-state index is 12.1. The van der Waals surface area contributed by atoms with Gasteiger partial charge >= 0.3 is 0 Å². The topological polar surface area (TPSA) is 81.7 Å². The second-order valence-corrected chi connectivity index (χ2v) is 5.35. The van der Waals surface area contributed by atoms with Crippen LogP contribution in [0.4, 0.5) is 5.69 Å². The number of halogens is 1. The van der Waals surface area contributed by atoms with Gasteiger partial charge in [0.25, 0.3) is 11.8 Å². The molecule has 1 atom stereocenters. The van der Waals surface area contributed by atoms with Crippen LogP contribution in [0.15, 0.2) is 22.6 Å². The Bertz CT molecular complexity index is 659. The summed E-state index contributed by atoms with van der Waals surface area (Å²) in [5, 5.41) is 11.0. The van der Waals surface area contributed by atoms with E-state index in [9.17, 15) is 4.79 Å². The number of quaternary nitrogens is 1. The van der Waals surface area contributed by atoms with Crippen LogP contribution in [0.25, 0.3) is 0 Å². The maximum absolute atomic E-state index is 12.1. The molecular weight excluding hydrogens is 308 g/mol. The lowest BCUT2D eigenvalue weighted by molar-refractivity contribution is -0.886. The molecule has 22 heavy (non-hydrogen) atoms. The molecule has 2 N–H and O–H groups in total. The van der Waals surface area contributed by atoms with Gasteiger partial charge in [-0.3, -0.25) is 4.79 Å². The number of aryl methyl sites for hydroxylation is 1. The highest BCUT2D eigenvalue weighted by atomic mass is 35.5. The van der Waals surface area contributed by atoms with Gasteiger partial charge in [0.1, 0.15) is 5.75 Å². The van der Waals surface area contributed by atoms with Crippen molar-refractivity contribution in [3.63, 3.8) is 0 Å². The molecule has 0 bridgehead atoms. The summed E-state index contributed by atoms with van der Waals surface area (Å²) in [5.41, 5.74) is 0.543. The molecule has 0 fully saturated rings. The summed E-state index contributed by atoms with van der Waals surface area (Å²) < 4.78 is 10.5. The Morgan fingerprint density at radius 1 is 1.45 bits per heavy atom. The molecule has 8 heteroatoms. The molecule has 1 heterocycles. The number of likely N-dealkylation sites (N-methyl/N-ethyl adjacent to an activating group) is 1. The predicted molar refractivity (Wildman–Crippen MR) is 81.1 cm³/mol. The van der Waals surface area contributed by atoms with Crippen LogP contribution in [0, 0.1) is 6.92 Å². The molecule has 0 saturated carbocycles. The Labute approximate surface area is 133 Å². The summed E-state index contributed by atoms with van der Waals surface area (Å²) in [6, 6.07) is 5.05. The standard InChI is InChI=1S/C14H17ClN4O3/c1-9-17-18-14(22-9)8-19(2)7-13(20)16-11-6-10(15)4-5-12(11)21-3/h4-6H,7-8H2,1-3H3,(H,16,20)/p+1. The molecule has 2 rings (SSSR count). The first-order valence-electron chi connectivity index (χ1n) is 6.71. The van der Waals surface area contributed by atoms with Crippen LogP contribution in [0.2, 0.25) is 5.02 Å². The van der Waals surface area contributed by atoms with E-state index in [1.54, 1.807) is 25.1 Å². The zero-order valence-corrected chi connectivity index (χ0v) is 13.4. The Morgan fingerprint density at radius 2 is 2.23 bits per heavy atom. The van der Waals surface area contributed by atoms with E-state index in [1.165, 1.54) is 7.11 Å². The molecule has 1 amide bonds. The third-order valence-corrected chi connectivity index (χ3v) is 3.15. The first-order valence-corrected chi connectivity index (χ1v) is 7.09. The summed E-state index contributed by atoms with van der Waals surface area (Å²) >= 11 is 5.93. The molecule has 118 valence electrons. The van der Waals surface area contributed by atoms with Crippen LogP contribution in [-0.4, -0.2) is 36.8 Å². The summed E-state index contributed by atoms with van der Waals surface area (Å²) in [5.74, 6) is 1.41. The molecule has 7 nitrogen and oxygen atoms in total. The summed E-state index contributed by atoms with van der Waals surface area (Å²) in [6.07, 6.45) is 0. The number of benzene rings is 1. The van der Waals surface area contributed by atoms with Gasteiger partial charge in [0, 0.05) is 11.9 Å². The number of hydrogen-bond acceptors (Lipinski definition) is 5. The van der Waals surface area contributed by atoms with Crippen molar-refractivity contribution in [2.75, 3.05) is 26.0 Å². The zero-order chi connectivity index (χ0) is 16.1. The number of amides is 1. The van der Waals surface area contributed by atoms with Crippen LogP contribution in [0.3, 0.4) is 0 Å². The fraction of sp³-hybridized carbons (Fsp3) is 0.357. The monoisotopic (exact) mass is 325 g/mol. The van der Waals surface area contributed by atoms with Crippen LogP contribution >= 0.6 is 11.6 Å². The van der Waals surface area contributed by atoms with Gasteiger partial charge < -0.3 is 19.4 Å². The molecule has 0 aliphatic carbocycles. The molecule has 0 aliphatic heterocycles. The summed E-state index contributed by atoms with van der Waals surface area (Å²) in [7, 11) is 3.41. The number of hydrogen-bond donors (Lipinski definition) is 2. The van der Waals surface area contributed by atoms with Gasteiger partial charge in [-0.05, 0) is 18.2 Å². The second-order valence-electron chi connectivity index (χ2n) is 4.92. The lowest BCUT2D eigenvalue weighted by Gasteiger charge is -2.13. The molecule has 1 unspecified atom stereocenters. The molecule has 0 aliphatic rings. The van der Waals surface area contributed by atoms with Crippen molar-refractivity contribution in [2.45, 2.75) is 13.5 Å². The van der Waals surface area contributed by atoms with Crippen molar-refractivity contribution < 1.29 is 18.8 Å². The number of aromatic nitrogens is 2. The Kier molecular flexibility index (Phi) is 5.35. The summed E-state index contributed by atoms with van der Waals surface area (Å²) in [4.78, 5) is 13.0. The number of carbonyl (C=O) groups is 1. The minimum Gasteiger partial charge on any atom is -0.495 e. The van der Waals surface area contributed by atoms with E-state index in [4.69, 9.17) is 20.8 Å². The highest BCUT2D eigenvalue weighted by Crippen LogP contribution is 2.27. The molecule has 1 aromatic heterocycles. The number of rotatable bonds is 6. The lowest BCUT2D eigenvalue weighted by Crippen LogP contribution is -3.08. The van der Waals surface area contributed by atoms with Gasteiger partial charge in [0.05, 0.1) is 19.8 Å². The van der Waals surface area contributed by atoms with E-state index in [1.807, 2.05) is 7.05 Å². The zero-order valence-electron chi connectivity index (χ0n) is 12.6. The van der Waals surface area contributed by atoms with Crippen LogP contribution in [0.1, 0.15) is 11.8 Å². The van der Waals surface area contributed by atoms with Crippen molar-refractivity contribution in [1.29, 1.82) is 0 Å². The van der Waals surface area contributed by atoms with Gasteiger partial charge in [0.15, 0.2) is 13.1 Å². The molecule has 0 spiro atoms. The van der Waals surface area contributed by atoms with Crippen LogP contribution in [0.5, 0.6) is 5.75 Å². The molecular formula is C14H18ClN4O3+. The number of nitrogens with zero attached hydrogens (tertiary/aromatic N) is 2. The van der Waals surface area contributed by atoms with Gasteiger partial charge in [-0.15, -0.1) is 10.2 Å². The Hall–Kier alpha value is -2.12. The van der Waals surface area contributed by atoms with Crippen molar-refractivity contribution in [1.82, 2.24) is 10.2 Å². The lowest BCUT2D eigenvalue weighted by atomic mass is 10.3.